The van der Waals surface area contributed by atoms with E-state index in [0.717, 1.165) is 28.7 Å². The second kappa shape index (κ2) is 9.28. The van der Waals surface area contributed by atoms with Gasteiger partial charge in [0, 0.05) is 39.8 Å². The van der Waals surface area contributed by atoms with Gasteiger partial charge in [0.05, 0.1) is 7.11 Å². The van der Waals surface area contributed by atoms with Crippen LogP contribution in [-0.4, -0.2) is 57.6 Å². The van der Waals surface area contributed by atoms with Crippen molar-refractivity contribution in [3.8, 4) is 5.75 Å². The molecule has 0 amide bonds. The molecule has 0 unspecified atom stereocenters. The predicted octanol–water partition coefficient (Wildman–Crippen LogP) is 2.99. The Bertz CT molecular complexity index is 440. The Labute approximate surface area is 143 Å². The fourth-order valence-electron chi connectivity index (χ4n) is 1.82. The summed E-state index contributed by atoms with van der Waals surface area (Å²) in [6, 6.07) is 5.74. The van der Waals surface area contributed by atoms with Crippen molar-refractivity contribution in [1.82, 2.24) is 9.80 Å². The molecule has 0 atom stereocenters. The van der Waals surface area contributed by atoms with Crippen LogP contribution in [0.3, 0.4) is 0 Å². The van der Waals surface area contributed by atoms with Crippen molar-refractivity contribution >= 4 is 41.5 Å². The zero-order valence-electron chi connectivity index (χ0n) is 12.7. The maximum atomic E-state index is 6.20. The zero-order valence-corrected chi connectivity index (χ0v) is 15.8. The van der Waals surface area contributed by atoms with Gasteiger partial charge in [-0.25, -0.2) is 0 Å². The Hall–Kier alpha value is -0.690. The summed E-state index contributed by atoms with van der Waals surface area (Å²) < 4.78 is 5.13. The van der Waals surface area contributed by atoms with Crippen molar-refractivity contribution in [3.63, 3.8) is 0 Å². The normalized spacial score (nSPS) is 9.50. The number of hydrogen-bond acceptors (Lipinski definition) is 2. The lowest BCUT2D eigenvalue weighted by atomic mass is 10.1. The van der Waals surface area contributed by atoms with Crippen molar-refractivity contribution in [2.24, 2.45) is 4.99 Å². The zero-order chi connectivity index (χ0) is 14.4. The van der Waals surface area contributed by atoms with Gasteiger partial charge in [0.1, 0.15) is 5.75 Å². The largest absolute Gasteiger partial charge is 0.497 e. The monoisotopic (exact) mass is 411 g/mol. The van der Waals surface area contributed by atoms with Crippen molar-refractivity contribution in [2.45, 2.75) is 6.42 Å². The summed E-state index contributed by atoms with van der Waals surface area (Å²) in [5.74, 6) is 1.73. The van der Waals surface area contributed by atoms with Gasteiger partial charge in [-0.1, -0.05) is 17.7 Å². The molecule has 114 valence electrons. The highest BCUT2D eigenvalue weighted by Gasteiger charge is 2.05. The van der Waals surface area contributed by atoms with E-state index in [1.54, 1.807) is 7.11 Å². The van der Waals surface area contributed by atoms with Gasteiger partial charge in [0.2, 0.25) is 0 Å². The molecule has 0 N–H and O–H groups in total. The van der Waals surface area contributed by atoms with Crippen LogP contribution >= 0.6 is 35.6 Å². The summed E-state index contributed by atoms with van der Waals surface area (Å²) in [6.07, 6.45) is 0.813. The standard InChI is InChI=1S/C14H22ClN3O.HI/c1-17(2)14(18(3)4)16-9-8-11-6-7-12(19-5)10-13(11)15;/h6-7,10H,8-9H2,1-5H3;1H. The molecule has 0 aliphatic rings. The molecule has 0 heterocycles. The van der Waals surface area contributed by atoms with Gasteiger partial charge in [0.25, 0.3) is 0 Å². The van der Waals surface area contributed by atoms with Crippen LogP contribution in [0.5, 0.6) is 5.75 Å². The first kappa shape index (κ1) is 19.3. The topological polar surface area (TPSA) is 28.1 Å². The van der Waals surface area contributed by atoms with E-state index >= 15 is 0 Å². The molecule has 4 nitrogen and oxygen atoms in total. The fraction of sp³-hybridized carbons (Fsp3) is 0.500. The minimum Gasteiger partial charge on any atom is -0.497 e. The van der Waals surface area contributed by atoms with E-state index < -0.39 is 0 Å². The Morgan fingerprint density at radius 3 is 2.25 bits per heavy atom. The smallest absolute Gasteiger partial charge is 0.195 e. The maximum absolute atomic E-state index is 6.20. The van der Waals surface area contributed by atoms with Gasteiger partial charge in [-0.2, -0.15) is 0 Å². The number of halogens is 2. The van der Waals surface area contributed by atoms with Crippen molar-refractivity contribution in [2.75, 3.05) is 41.8 Å². The number of benzene rings is 1. The molecule has 0 bridgehead atoms. The third-order valence-corrected chi connectivity index (χ3v) is 3.05. The Morgan fingerprint density at radius 1 is 1.20 bits per heavy atom. The van der Waals surface area contributed by atoms with Crippen molar-refractivity contribution in [1.29, 1.82) is 0 Å². The lowest BCUT2D eigenvalue weighted by molar-refractivity contribution is 0.414. The summed E-state index contributed by atoms with van der Waals surface area (Å²) in [5, 5.41) is 0.728. The van der Waals surface area contributed by atoms with Crippen LogP contribution in [0.1, 0.15) is 5.56 Å². The summed E-state index contributed by atoms with van der Waals surface area (Å²) in [5.41, 5.74) is 1.09. The van der Waals surface area contributed by atoms with Crippen LogP contribution in [0.4, 0.5) is 0 Å². The molecule has 6 heteroatoms. The van der Waals surface area contributed by atoms with E-state index in [2.05, 4.69) is 4.99 Å². The van der Waals surface area contributed by atoms with Gasteiger partial charge in [-0.3, -0.25) is 4.99 Å². The summed E-state index contributed by atoms with van der Waals surface area (Å²) >= 11 is 6.20. The number of ether oxygens (including phenoxy) is 1. The highest BCUT2D eigenvalue weighted by Crippen LogP contribution is 2.22. The molecule has 0 saturated heterocycles. The summed E-state index contributed by atoms with van der Waals surface area (Å²) in [4.78, 5) is 8.57. The highest BCUT2D eigenvalue weighted by atomic mass is 127. The molecule has 1 rings (SSSR count). The summed E-state index contributed by atoms with van der Waals surface area (Å²) in [7, 11) is 9.58. The van der Waals surface area contributed by atoms with Gasteiger partial charge in [-0.05, 0) is 24.1 Å². The van der Waals surface area contributed by atoms with Crippen LogP contribution in [0, 0.1) is 0 Å². The first-order chi connectivity index (χ1) is 8.95. The number of rotatable bonds is 4. The number of nitrogens with zero attached hydrogens (tertiary/aromatic N) is 3. The number of hydrogen-bond donors (Lipinski definition) is 0. The third kappa shape index (κ3) is 5.75. The van der Waals surface area contributed by atoms with Crippen molar-refractivity contribution < 1.29 is 4.74 Å². The first-order valence-electron chi connectivity index (χ1n) is 6.17. The van der Waals surface area contributed by atoms with Crippen LogP contribution in [0.25, 0.3) is 0 Å². The Balaban J connectivity index is 0.00000361. The number of guanidine groups is 1. The molecule has 0 radical (unpaired) electrons. The van der Waals surface area contributed by atoms with Crippen LogP contribution < -0.4 is 4.74 Å². The number of aliphatic imine (C=N–C) groups is 1. The molecule has 0 saturated carbocycles. The first-order valence-corrected chi connectivity index (χ1v) is 6.55. The molecule has 0 fully saturated rings. The summed E-state index contributed by atoms with van der Waals surface area (Å²) in [6.45, 7) is 0.706. The molecule has 0 spiro atoms. The molecule has 1 aromatic rings. The van der Waals surface area contributed by atoms with Gasteiger partial charge in [0.15, 0.2) is 5.96 Å². The van der Waals surface area contributed by atoms with Gasteiger partial charge >= 0.3 is 0 Å². The Morgan fingerprint density at radius 2 is 1.80 bits per heavy atom. The Kier molecular flexibility index (Phi) is 8.96. The molecule has 0 aromatic heterocycles. The second-order valence-electron chi connectivity index (χ2n) is 4.68. The quantitative estimate of drug-likeness (QED) is 0.433. The van der Waals surface area contributed by atoms with E-state index in [0.29, 0.717) is 6.54 Å². The molecule has 0 aliphatic carbocycles. The van der Waals surface area contributed by atoms with E-state index in [-0.39, 0.29) is 24.0 Å². The average Bonchev–Trinajstić information content (AvgIpc) is 2.35. The predicted molar refractivity (Wildman–Crippen MR) is 96.8 cm³/mol. The second-order valence-corrected chi connectivity index (χ2v) is 5.09. The lowest BCUT2D eigenvalue weighted by Crippen LogP contribution is -2.35. The minimum absolute atomic E-state index is 0. The molecule has 1 aromatic carbocycles. The minimum atomic E-state index is 0. The number of methoxy groups -OCH3 is 1. The lowest BCUT2D eigenvalue weighted by Gasteiger charge is -2.22. The van der Waals surface area contributed by atoms with Crippen LogP contribution in [0.15, 0.2) is 23.2 Å². The van der Waals surface area contributed by atoms with Gasteiger partial charge < -0.3 is 14.5 Å². The fourth-order valence-corrected chi connectivity index (χ4v) is 2.08. The van der Waals surface area contributed by atoms with Crippen LogP contribution in [-0.2, 0) is 6.42 Å². The van der Waals surface area contributed by atoms with Crippen LogP contribution in [0.2, 0.25) is 5.02 Å². The third-order valence-electron chi connectivity index (χ3n) is 2.69. The van der Waals surface area contributed by atoms with E-state index in [1.165, 1.54) is 0 Å². The average molecular weight is 412 g/mol. The van der Waals surface area contributed by atoms with E-state index in [1.807, 2.05) is 56.2 Å². The van der Waals surface area contributed by atoms with Crippen molar-refractivity contribution in [3.05, 3.63) is 28.8 Å². The van der Waals surface area contributed by atoms with E-state index in [4.69, 9.17) is 16.3 Å². The molecule has 20 heavy (non-hydrogen) atoms. The molecular weight excluding hydrogens is 389 g/mol. The van der Waals surface area contributed by atoms with Gasteiger partial charge in [-0.15, -0.1) is 24.0 Å². The SMILES string of the molecule is COc1ccc(CCN=C(N(C)C)N(C)C)c(Cl)c1.I. The molecule has 0 aliphatic heterocycles. The maximum Gasteiger partial charge on any atom is 0.195 e. The molecular formula is C14H23ClIN3O. The van der Waals surface area contributed by atoms with E-state index in [9.17, 15) is 0 Å². The highest BCUT2D eigenvalue weighted by molar-refractivity contribution is 14.0.